The van der Waals surface area contributed by atoms with E-state index in [0.717, 1.165) is 105 Å². The van der Waals surface area contributed by atoms with Crippen LogP contribution in [0.5, 0.6) is 0 Å². The number of hydrogen-bond donors (Lipinski definition) is 0. The molecule has 0 radical (unpaired) electrons. The Morgan fingerprint density at radius 1 is 0.288 bits per heavy atom. The molecule has 0 N–H and O–H groups in total. The number of nitriles is 1. The normalized spacial score (nSPS) is 11.9. The van der Waals surface area contributed by atoms with E-state index in [1.54, 1.807) is 0 Å². The molecule has 4 heterocycles. The molecule has 10 aromatic carbocycles. The van der Waals surface area contributed by atoms with Gasteiger partial charge in [-0.05, 0) is 90.0 Å². The molecule has 0 saturated carbocycles. The average molecular weight is 840 g/mol. The third-order valence-electron chi connectivity index (χ3n) is 13.8. The molecule has 0 amide bonds. The predicted octanol–water partition coefficient (Wildman–Crippen LogP) is 15.6. The minimum absolute atomic E-state index is 0.593. The monoisotopic (exact) mass is 839 g/mol. The number of fused-ring (bicyclic) bond motifs is 13. The third kappa shape index (κ3) is 5.04. The van der Waals surface area contributed by atoms with Crippen LogP contribution in [-0.2, 0) is 0 Å². The number of para-hydroxylation sites is 6. The summed E-state index contributed by atoms with van der Waals surface area (Å²) in [5.41, 5.74) is 15.3. The number of aromatic nitrogens is 4. The predicted molar refractivity (Wildman–Crippen MR) is 274 cm³/mol. The first-order valence-electron chi connectivity index (χ1n) is 22.4. The topological polar surface area (TPSA) is 43.5 Å². The molecule has 66 heavy (non-hydrogen) atoms. The Morgan fingerprint density at radius 2 is 0.712 bits per heavy atom. The molecule has 14 rings (SSSR count). The van der Waals surface area contributed by atoms with E-state index in [1.807, 2.05) is 0 Å². The lowest BCUT2D eigenvalue weighted by Crippen LogP contribution is -2.05. The van der Waals surface area contributed by atoms with Gasteiger partial charge in [0.05, 0.1) is 55.5 Å². The van der Waals surface area contributed by atoms with Gasteiger partial charge in [-0.1, -0.05) is 146 Å². The second-order valence-electron chi connectivity index (χ2n) is 17.2. The Bertz CT molecular complexity index is 4330. The zero-order chi connectivity index (χ0) is 43.5. The van der Waals surface area contributed by atoms with Gasteiger partial charge in [-0.25, -0.2) is 0 Å². The first kappa shape index (κ1) is 36.4. The van der Waals surface area contributed by atoms with Gasteiger partial charge < -0.3 is 18.3 Å². The van der Waals surface area contributed by atoms with E-state index in [4.69, 9.17) is 0 Å². The van der Waals surface area contributed by atoms with Crippen LogP contribution in [0.2, 0.25) is 0 Å². The van der Waals surface area contributed by atoms with Crippen molar-refractivity contribution in [2.75, 3.05) is 0 Å². The Kier molecular flexibility index (Phi) is 7.69. The van der Waals surface area contributed by atoms with Gasteiger partial charge >= 0.3 is 0 Å². The summed E-state index contributed by atoms with van der Waals surface area (Å²) in [7, 11) is 0. The summed E-state index contributed by atoms with van der Waals surface area (Å²) in [4.78, 5) is 0. The zero-order valence-electron chi connectivity index (χ0n) is 35.6. The number of rotatable bonds is 5. The molecule has 0 spiro atoms. The van der Waals surface area contributed by atoms with Crippen molar-refractivity contribution in [3.63, 3.8) is 0 Å². The molecule has 0 bridgehead atoms. The van der Waals surface area contributed by atoms with E-state index in [2.05, 4.69) is 249 Å². The smallest absolute Gasteiger partial charge is 0.104 e. The summed E-state index contributed by atoms with van der Waals surface area (Å²) >= 11 is 0. The quantitative estimate of drug-likeness (QED) is 0.170. The summed E-state index contributed by atoms with van der Waals surface area (Å²) in [6, 6.07) is 83.0. The molecular weight excluding hydrogens is 803 g/mol. The van der Waals surface area contributed by atoms with Crippen LogP contribution in [0.15, 0.2) is 224 Å². The molecule has 0 unspecified atom stereocenters. The van der Waals surface area contributed by atoms with Crippen LogP contribution >= 0.6 is 0 Å². The highest BCUT2D eigenvalue weighted by atomic mass is 15.0. The largest absolute Gasteiger partial charge is 0.309 e. The SMILES string of the molecule is N#Cc1c(-n2c3ccccc3c3cc4c(cc32)c2ccccc2n4-c2ccccc2)cc(-c2ccccc2)cc1-n1c2ccccc2c2c1ccc1c3ccccc3n(-c3ccccc3)c12. The number of hydrogen-bond acceptors (Lipinski definition) is 1. The van der Waals surface area contributed by atoms with E-state index in [1.165, 1.54) is 16.2 Å². The molecule has 0 saturated heterocycles. The van der Waals surface area contributed by atoms with Crippen molar-refractivity contribution in [1.82, 2.24) is 18.3 Å². The van der Waals surface area contributed by atoms with Crippen LogP contribution in [0, 0.1) is 11.3 Å². The molecule has 4 aromatic heterocycles. The Labute approximate surface area is 379 Å². The lowest BCUT2D eigenvalue weighted by Gasteiger charge is -2.18. The maximum absolute atomic E-state index is 11.8. The van der Waals surface area contributed by atoms with Crippen molar-refractivity contribution in [2.45, 2.75) is 0 Å². The molecule has 5 nitrogen and oxygen atoms in total. The molecule has 0 aliphatic heterocycles. The molecular formula is C61H37N5. The highest BCUT2D eigenvalue weighted by Crippen LogP contribution is 2.45. The van der Waals surface area contributed by atoms with Crippen molar-refractivity contribution < 1.29 is 0 Å². The van der Waals surface area contributed by atoms with Gasteiger partial charge in [0.25, 0.3) is 0 Å². The second kappa shape index (κ2) is 13.9. The first-order valence-corrected chi connectivity index (χ1v) is 22.4. The van der Waals surface area contributed by atoms with Crippen LogP contribution in [0.3, 0.4) is 0 Å². The average Bonchev–Trinajstić information content (AvgIpc) is 4.11. The number of nitrogens with zero attached hydrogens (tertiary/aromatic N) is 5. The fraction of sp³-hybridized carbons (Fsp3) is 0. The maximum Gasteiger partial charge on any atom is 0.104 e. The van der Waals surface area contributed by atoms with E-state index >= 15 is 0 Å². The molecule has 0 fully saturated rings. The molecule has 306 valence electrons. The van der Waals surface area contributed by atoms with E-state index in [9.17, 15) is 5.26 Å². The van der Waals surface area contributed by atoms with E-state index in [0.29, 0.717) is 5.56 Å². The summed E-state index contributed by atoms with van der Waals surface area (Å²) in [5, 5.41) is 21.0. The highest BCUT2D eigenvalue weighted by Gasteiger charge is 2.26. The van der Waals surface area contributed by atoms with Crippen molar-refractivity contribution in [3.05, 3.63) is 230 Å². The van der Waals surface area contributed by atoms with Gasteiger partial charge in [0.15, 0.2) is 0 Å². The second-order valence-corrected chi connectivity index (χ2v) is 17.2. The minimum atomic E-state index is 0.593. The summed E-state index contributed by atoms with van der Waals surface area (Å²) in [6.45, 7) is 0. The van der Waals surface area contributed by atoms with Gasteiger partial charge in [-0.15, -0.1) is 0 Å². The van der Waals surface area contributed by atoms with Crippen molar-refractivity contribution in [2.24, 2.45) is 0 Å². The van der Waals surface area contributed by atoms with Crippen molar-refractivity contribution in [1.29, 1.82) is 5.26 Å². The van der Waals surface area contributed by atoms with Crippen LogP contribution in [-0.4, -0.2) is 18.3 Å². The first-order chi connectivity index (χ1) is 32.7. The Balaban J connectivity index is 1.13. The molecule has 0 atom stereocenters. The van der Waals surface area contributed by atoms with Crippen LogP contribution in [0.1, 0.15) is 5.56 Å². The minimum Gasteiger partial charge on any atom is -0.309 e. The maximum atomic E-state index is 11.8. The lowest BCUT2D eigenvalue weighted by molar-refractivity contribution is 1.12. The Hall–Kier alpha value is -9.11. The van der Waals surface area contributed by atoms with Crippen LogP contribution in [0.25, 0.3) is 121 Å². The highest BCUT2D eigenvalue weighted by molar-refractivity contribution is 6.26. The molecule has 14 aromatic rings. The van der Waals surface area contributed by atoms with Gasteiger partial charge in [-0.2, -0.15) is 5.26 Å². The number of benzene rings is 10. The lowest BCUT2D eigenvalue weighted by atomic mass is 10.00. The van der Waals surface area contributed by atoms with E-state index in [-0.39, 0.29) is 0 Å². The van der Waals surface area contributed by atoms with Crippen LogP contribution < -0.4 is 0 Å². The van der Waals surface area contributed by atoms with Gasteiger partial charge in [0, 0.05) is 54.5 Å². The third-order valence-corrected chi connectivity index (χ3v) is 13.8. The Morgan fingerprint density at radius 3 is 1.29 bits per heavy atom. The molecule has 0 aliphatic carbocycles. The van der Waals surface area contributed by atoms with Gasteiger partial charge in [0.2, 0.25) is 0 Å². The van der Waals surface area contributed by atoms with Crippen molar-refractivity contribution in [3.8, 4) is 39.9 Å². The zero-order valence-corrected chi connectivity index (χ0v) is 35.6. The van der Waals surface area contributed by atoms with E-state index < -0.39 is 0 Å². The van der Waals surface area contributed by atoms with Gasteiger partial charge in [0.1, 0.15) is 11.6 Å². The summed E-state index contributed by atoms with van der Waals surface area (Å²) < 4.78 is 9.47. The van der Waals surface area contributed by atoms with Crippen LogP contribution in [0.4, 0.5) is 0 Å². The fourth-order valence-corrected chi connectivity index (χ4v) is 11.0. The van der Waals surface area contributed by atoms with Gasteiger partial charge in [-0.3, -0.25) is 0 Å². The standard InChI is InChI=1S/C61H37N5/c62-38-50-56(65-54-31-17-13-27-47(54)60-55(65)33-32-46-43-24-10-15-29-52(43)64(61(46)60)42-22-8-3-9-23-42)34-40(39-18-4-1-5-19-39)35-57(50)66-53-30-16-12-26-45(53)49-36-58-48(37-59(49)66)44-25-11-14-28-51(44)63(58)41-20-6-2-7-21-41/h1-37H. The summed E-state index contributed by atoms with van der Waals surface area (Å²) in [5.74, 6) is 0. The summed E-state index contributed by atoms with van der Waals surface area (Å²) in [6.07, 6.45) is 0. The van der Waals surface area contributed by atoms with Crippen molar-refractivity contribution >= 4 is 87.2 Å². The fourth-order valence-electron chi connectivity index (χ4n) is 11.0. The molecule has 5 heteroatoms. The molecule has 0 aliphatic rings.